The SMILES string of the molecule is CC1(C)CCC2(C(=O)O)CC[C@]3(C)C(=CCC4C5(C)CCC(O[C@@H]6O[C@H](CO)[C@@H](O)C(O[C@@H]7O[C@H](CO)[C@@H](O)[C@H](O)[C@H]7O)[C@H]6O)C(C)(C)C5CCC43C)C2C1. The molecule has 2 saturated heterocycles. The summed E-state index contributed by atoms with van der Waals surface area (Å²) in [6, 6.07) is 0. The van der Waals surface area contributed by atoms with Crippen molar-refractivity contribution in [2.24, 2.45) is 50.2 Å². The molecule has 0 aromatic heterocycles. The molecule has 4 saturated carbocycles. The van der Waals surface area contributed by atoms with Crippen LogP contribution in [0.25, 0.3) is 0 Å². The summed E-state index contributed by atoms with van der Waals surface area (Å²) in [5, 5.41) is 84.4. The molecule has 8 unspecified atom stereocenters. The Morgan fingerprint density at radius 1 is 0.727 bits per heavy atom. The lowest BCUT2D eigenvalue weighted by molar-refractivity contribution is -0.369. The van der Waals surface area contributed by atoms with Gasteiger partial charge in [0.25, 0.3) is 0 Å². The number of rotatable bonds is 7. The predicted octanol–water partition coefficient (Wildman–Crippen LogP) is 2.88. The van der Waals surface area contributed by atoms with Gasteiger partial charge in [0.2, 0.25) is 0 Å². The standard InChI is InChI=1S/C42H68O13/c1-37(2)14-16-42(36(50)51)17-15-40(6)21(22(42)18-37)8-9-26-39(5)12-11-27(38(3,4)25(39)10-13-41(26,40)7)54-35-32(49)33(29(46)24(20-44)53-35)55-34-31(48)30(47)28(45)23(19-43)52-34/h8,22-35,43-49H,9-20H2,1-7H3,(H,50,51)/t22?,23-,24-,25?,26?,27?,28-,29-,30+,31-,32-,33?,34+,35+,39?,40-,41?,42?/m1/s1. The van der Waals surface area contributed by atoms with E-state index < -0.39 is 86.0 Å². The Bertz CT molecular complexity index is 1480. The molecule has 0 spiro atoms. The Hall–Kier alpha value is -1.23. The second-order valence-corrected chi connectivity index (χ2v) is 20.7. The molecule has 7 rings (SSSR count). The lowest BCUT2D eigenvalue weighted by Gasteiger charge is -2.71. The molecule has 7 aliphatic rings. The van der Waals surface area contributed by atoms with Gasteiger partial charge >= 0.3 is 5.97 Å². The molecule has 2 heterocycles. The summed E-state index contributed by atoms with van der Waals surface area (Å²) in [6.45, 7) is 15.1. The fourth-order valence-electron chi connectivity index (χ4n) is 13.7. The lowest BCUT2D eigenvalue weighted by Crippen LogP contribution is -2.67. The van der Waals surface area contributed by atoms with Crippen molar-refractivity contribution < 1.29 is 64.6 Å². The summed E-state index contributed by atoms with van der Waals surface area (Å²) >= 11 is 0. The van der Waals surface area contributed by atoms with E-state index in [2.05, 4.69) is 54.5 Å². The second-order valence-electron chi connectivity index (χ2n) is 20.7. The first-order chi connectivity index (χ1) is 25.6. The Morgan fingerprint density at radius 2 is 1.35 bits per heavy atom. The van der Waals surface area contributed by atoms with Gasteiger partial charge in [0, 0.05) is 0 Å². The number of aliphatic hydroxyl groups excluding tert-OH is 7. The maximum Gasteiger partial charge on any atom is 0.310 e. The van der Waals surface area contributed by atoms with Gasteiger partial charge in [-0.15, -0.1) is 0 Å². The zero-order valence-corrected chi connectivity index (χ0v) is 33.8. The summed E-state index contributed by atoms with van der Waals surface area (Å²) in [7, 11) is 0. The van der Waals surface area contributed by atoms with Crippen LogP contribution in [-0.2, 0) is 23.7 Å². The fraction of sp³-hybridized carbons (Fsp3) is 0.929. The van der Waals surface area contributed by atoms with E-state index in [1.54, 1.807) is 0 Å². The van der Waals surface area contributed by atoms with Gasteiger partial charge in [-0.1, -0.05) is 60.1 Å². The normalized spacial score (nSPS) is 53.2. The van der Waals surface area contributed by atoms with Crippen molar-refractivity contribution in [1.82, 2.24) is 0 Å². The summed E-state index contributed by atoms with van der Waals surface area (Å²) in [5.41, 5.74) is 0.283. The third kappa shape index (κ3) is 6.23. The number of hydrogen-bond donors (Lipinski definition) is 8. The quantitative estimate of drug-likeness (QED) is 0.138. The van der Waals surface area contributed by atoms with E-state index in [0.29, 0.717) is 12.3 Å². The van der Waals surface area contributed by atoms with Gasteiger partial charge < -0.3 is 59.8 Å². The summed E-state index contributed by atoms with van der Waals surface area (Å²) in [5.74, 6) is 0.0564. The van der Waals surface area contributed by atoms with Crippen LogP contribution in [0.3, 0.4) is 0 Å². The van der Waals surface area contributed by atoms with Crippen LogP contribution in [-0.4, -0.2) is 128 Å². The smallest absolute Gasteiger partial charge is 0.310 e. The van der Waals surface area contributed by atoms with Crippen molar-refractivity contribution in [3.8, 4) is 0 Å². The van der Waals surface area contributed by atoms with E-state index in [9.17, 15) is 45.6 Å². The number of aliphatic carboxylic acids is 1. The van der Waals surface area contributed by atoms with Crippen LogP contribution >= 0.6 is 0 Å². The van der Waals surface area contributed by atoms with Crippen LogP contribution in [0, 0.1) is 50.2 Å². The predicted molar refractivity (Wildman–Crippen MR) is 198 cm³/mol. The van der Waals surface area contributed by atoms with Gasteiger partial charge in [-0.2, -0.15) is 0 Å². The average Bonchev–Trinajstić information content (AvgIpc) is 3.12. The molecule has 0 aromatic rings. The highest BCUT2D eigenvalue weighted by atomic mass is 16.7. The number of allylic oxidation sites excluding steroid dienone is 2. The number of carboxylic acids is 1. The molecule has 0 amide bonds. The topological polar surface area (TPSA) is 216 Å². The number of ether oxygens (including phenoxy) is 4. The number of carbonyl (C=O) groups is 1. The zero-order valence-electron chi connectivity index (χ0n) is 33.8. The van der Waals surface area contributed by atoms with Crippen LogP contribution in [0.4, 0.5) is 0 Å². The molecule has 0 radical (unpaired) electrons. The van der Waals surface area contributed by atoms with Gasteiger partial charge in [0.05, 0.1) is 24.7 Å². The first-order valence-electron chi connectivity index (χ1n) is 20.8. The zero-order chi connectivity index (χ0) is 40.3. The lowest BCUT2D eigenvalue weighted by atomic mass is 9.33. The molecule has 18 atom stereocenters. The maximum absolute atomic E-state index is 13.0. The van der Waals surface area contributed by atoms with Crippen LogP contribution in [0.5, 0.6) is 0 Å². The second kappa shape index (κ2) is 14.2. The van der Waals surface area contributed by atoms with E-state index in [1.807, 2.05) is 0 Å². The van der Waals surface area contributed by atoms with Crippen molar-refractivity contribution in [2.45, 2.75) is 180 Å². The van der Waals surface area contributed by atoms with Gasteiger partial charge in [-0.3, -0.25) is 4.79 Å². The van der Waals surface area contributed by atoms with Crippen molar-refractivity contribution in [2.75, 3.05) is 13.2 Å². The summed E-state index contributed by atoms with van der Waals surface area (Å²) in [6.07, 6.45) is -4.35. The average molecular weight is 781 g/mol. The van der Waals surface area contributed by atoms with Crippen LogP contribution in [0.15, 0.2) is 11.6 Å². The molecule has 5 aliphatic carbocycles. The Labute approximate surface area is 325 Å². The van der Waals surface area contributed by atoms with Gasteiger partial charge in [0.15, 0.2) is 12.6 Å². The van der Waals surface area contributed by atoms with Gasteiger partial charge in [-0.05, 0) is 109 Å². The maximum atomic E-state index is 13.0. The molecular weight excluding hydrogens is 712 g/mol. The molecule has 6 fully saturated rings. The largest absolute Gasteiger partial charge is 0.481 e. The summed E-state index contributed by atoms with van der Waals surface area (Å²) in [4.78, 5) is 13.0. The minimum atomic E-state index is -1.75. The third-order valence-corrected chi connectivity index (χ3v) is 17.3. The fourth-order valence-corrected chi connectivity index (χ4v) is 13.7. The number of fused-ring (bicyclic) bond motifs is 7. The first kappa shape index (κ1) is 41.9. The van der Waals surface area contributed by atoms with E-state index >= 15 is 0 Å². The first-order valence-corrected chi connectivity index (χ1v) is 20.8. The monoisotopic (exact) mass is 780 g/mol. The van der Waals surface area contributed by atoms with Gasteiger partial charge in [0.1, 0.15) is 48.8 Å². The molecule has 13 nitrogen and oxygen atoms in total. The molecule has 0 aromatic carbocycles. The Morgan fingerprint density at radius 3 is 1.98 bits per heavy atom. The van der Waals surface area contributed by atoms with E-state index in [0.717, 1.165) is 57.8 Å². The molecule has 55 heavy (non-hydrogen) atoms. The minimum Gasteiger partial charge on any atom is -0.481 e. The van der Waals surface area contributed by atoms with Gasteiger partial charge in [-0.25, -0.2) is 0 Å². The van der Waals surface area contributed by atoms with Crippen molar-refractivity contribution in [3.63, 3.8) is 0 Å². The van der Waals surface area contributed by atoms with E-state index in [1.165, 1.54) is 5.57 Å². The Kier molecular flexibility index (Phi) is 10.8. The molecule has 0 bridgehead atoms. The molecule has 8 N–H and O–H groups in total. The van der Waals surface area contributed by atoms with E-state index in [-0.39, 0.29) is 45.0 Å². The Balaban J connectivity index is 1.12. The van der Waals surface area contributed by atoms with Crippen molar-refractivity contribution in [1.29, 1.82) is 0 Å². The highest BCUT2D eigenvalue weighted by Gasteiger charge is 2.69. The van der Waals surface area contributed by atoms with E-state index in [4.69, 9.17) is 18.9 Å². The molecule has 2 aliphatic heterocycles. The summed E-state index contributed by atoms with van der Waals surface area (Å²) < 4.78 is 24.0. The molecule has 314 valence electrons. The van der Waals surface area contributed by atoms with Crippen molar-refractivity contribution in [3.05, 3.63) is 11.6 Å². The third-order valence-electron chi connectivity index (χ3n) is 17.3. The molecule has 13 heteroatoms. The highest BCUT2D eigenvalue weighted by Crippen LogP contribution is 2.76. The van der Waals surface area contributed by atoms with Crippen LogP contribution in [0.2, 0.25) is 0 Å². The number of carboxylic acid groups (broad SMARTS) is 1. The van der Waals surface area contributed by atoms with Crippen LogP contribution < -0.4 is 0 Å². The number of hydrogen-bond acceptors (Lipinski definition) is 12. The number of aliphatic hydroxyl groups is 7. The highest BCUT2D eigenvalue weighted by molar-refractivity contribution is 5.76. The minimum absolute atomic E-state index is 0.0134. The molecular formula is C42H68O13. The van der Waals surface area contributed by atoms with Crippen molar-refractivity contribution >= 4 is 5.97 Å². The van der Waals surface area contributed by atoms with Crippen LogP contribution in [0.1, 0.15) is 113 Å².